The third kappa shape index (κ3) is 39.9. The van der Waals surface area contributed by atoms with Crippen LogP contribution in [0.2, 0.25) is 0 Å². The highest BCUT2D eigenvalue weighted by molar-refractivity contribution is 5.71. The van der Waals surface area contributed by atoms with Gasteiger partial charge in [0.05, 0.1) is 0 Å². The molecule has 314 valence electrons. The quantitative estimate of drug-likeness (QED) is 0.0352. The maximum Gasteiger partial charge on any atom is 0.306 e. The maximum absolute atomic E-state index is 12.6. The van der Waals surface area contributed by atoms with Crippen molar-refractivity contribution in [3.05, 3.63) is 0 Å². The Balaban J connectivity index is 4.14. The zero-order valence-electron chi connectivity index (χ0n) is 36.1. The molecule has 0 aromatic heterocycles. The molecule has 0 aromatic rings. The zero-order valence-corrected chi connectivity index (χ0v) is 36.1. The first-order valence-corrected chi connectivity index (χ1v) is 23.3. The minimum Gasteiger partial charge on any atom is -0.462 e. The molecule has 6 nitrogen and oxygen atoms in total. The monoisotopic (exact) mass is 751 g/mol. The smallest absolute Gasteiger partial charge is 0.306 e. The lowest BCUT2D eigenvalue weighted by atomic mass is 9.99. The Morgan fingerprint density at radius 3 is 1.08 bits per heavy atom. The molecule has 0 amide bonds. The Hall–Kier alpha value is -1.59. The standard InChI is InChI=1S/C47H90O6/c1-6-8-9-25-32-37-45(48)51-40-44(53-47(50)39-34-29-24-20-16-17-21-26-30-35-42(3)4)41-52-46(49)38-33-28-23-19-15-13-11-10-12-14-18-22-27-31-36-43(5)7-2/h42-44H,6-41H2,1-5H3/t43?,44-/m1/s1. The third-order valence-electron chi connectivity index (χ3n) is 10.8. The molecule has 0 saturated carbocycles. The Kier molecular flexibility index (Phi) is 38.9. The summed E-state index contributed by atoms with van der Waals surface area (Å²) in [7, 11) is 0. The molecule has 0 N–H and O–H groups in total. The summed E-state index contributed by atoms with van der Waals surface area (Å²) in [6, 6.07) is 0. The minimum absolute atomic E-state index is 0.0657. The van der Waals surface area contributed by atoms with Crippen LogP contribution in [0.3, 0.4) is 0 Å². The molecule has 0 bridgehead atoms. The van der Waals surface area contributed by atoms with E-state index in [-0.39, 0.29) is 31.1 Å². The Bertz CT molecular complexity index is 811. The van der Waals surface area contributed by atoms with Gasteiger partial charge >= 0.3 is 17.9 Å². The fourth-order valence-corrected chi connectivity index (χ4v) is 6.90. The van der Waals surface area contributed by atoms with Crippen LogP contribution < -0.4 is 0 Å². The summed E-state index contributed by atoms with van der Waals surface area (Å²) in [6.07, 6.45) is 38.3. The van der Waals surface area contributed by atoms with Crippen LogP contribution in [0.4, 0.5) is 0 Å². The van der Waals surface area contributed by atoms with Crippen molar-refractivity contribution in [2.75, 3.05) is 13.2 Å². The van der Waals surface area contributed by atoms with E-state index < -0.39 is 6.10 Å². The first kappa shape index (κ1) is 51.4. The molecule has 53 heavy (non-hydrogen) atoms. The van der Waals surface area contributed by atoms with Gasteiger partial charge < -0.3 is 14.2 Å². The lowest BCUT2D eigenvalue weighted by Crippen LogP contribution is -2.30. The van der Waals surface area contributed by atoms with E-state index in [1.54, 1.807) is 0 Å². The second kappa shape index (κ2) is 40.1. The number of rotatable bonds is 41. The van der Waals surface area contributed by atoms with E-state index in [1.165, 1.54) is 135 Å². The second-order valence-electron chi connectivity index (χ2n) is 16.8. The number of hydrogen-bond acceptors (Lipinski definition) is 6. The highest BCUT2D eigenvalue weighted by Crippen LogP contribution is 2.17. The second-order valence-corrected chi connectivity index (χ2v) is 16.8. The third-order valence-corrected chi connectivity index (χ3v) is 10.8. The normalized spacial score (nSPS) is 12.6. The molecule has 6 heteroatoms. The van der Waals surface area contributed by atoms with Crippen molar-refractivity contribution in [1.29, 1.82) is 0 Å². The van der Waals surface area contributed by atoms with Gasteiger partial charge in [0, 0.05) is 19.3 Å². The highest BCUT2D eigenvalue weighted by atomic mass is 16.6. The minimum atomic E-state index is -0.759. The predicted molar refractivity (Wildman–Crippen MR) is 224 cm³/mol. The number of carbonyl (C=O) groups excluding carboxylic acids is 3. The average Bonchev–Trinajstić information content (AvgIpc) is 3.14. The van der Waals surface area contributed by atoms with Crippen molar-refractivity contribution in [2.24, 2.45) is 11.8 Å². The molecular weight excluding hydrogens is 661 g/mol. The maximum atomic E-state index is 12.6. The van der Waals surface area contributed by atoms with E-state index in [4.69, 9.17) is 14.2 Å². The molecule has 0 saturated heterocycles. The Morgan fingerprint density at radius 2 is 0.717 bits per heavy atom. The van der Waals surface area contributed by atoms with Gasteiger partial charge in [-0.05, 0) is 31.1 Å². The molecule has 0 aliphatic heterocycles. The molecule has 0 fully saturated rings. The van der Waals surface area contributed by atoms with Crippen LogP contribution in [0, 0.1) is 11.8 Å². The van der Waals surface area contributed by atoms with Gasteiger partial charge in [-0.3, -0.25) is 14.4 Å². The summed E-state index contributed by atoms with van der Waals surface area (Å²) >= 11 is 0. The summed E-state index contributed by atoms with van der Waals surface area (Å²) in [5.41, 5.74) is 0. The molecule has 0 rings (SSSR count). The highest BCUT2D eigenvalue weighted by Gasteiger charge is 2.19. The molecule has 1 unspecified atom stereocenters. The molecular formula is C47H90O6. The van der Waals surface area contributed by atoms with Crippen molar-refractivity contribution in [3.8, 4) is 0 Å². The largest absolute Gasteiger partial charge is 0.462 e. The summed E-state index contributed by atoms with van der Waals surface area (Å²) in [6.45, 7) is 11.3. The van der Waals surface area contributed by atoms with Crippen molar-refractivity contribution < 1.29 is 28.6 Å². The number of ether oxygens (including phenoxy) is 3. The van der Waals surface area contributed by atoms with Crippen LogP contribution >= 0.6 is 0 Å². The zero-order chi connectivity index (χ0) is 39.0. The summed E-state index contributed by atoms with van der Waals surface area (Å²) in [4.78, 5) is 37.5. The van der Waals surface area contributed by atoms with Gasteiger partial charge in [-0.25, -0.2) is 0 Å². The van der Waals surface area contributed by atoms with Crippen LogP contribution in [0.15, 0.2) is 0 Å². The van der Waals surface area contributed by atoms with Crippen LogP contribution in [0.1, 0.15) is 253 Å². The van der Waals surface area contributed by atoms with E-state index in [0.29, 0.717) is 19.3 Å². The Labute approximate surface area is 329 Å². The van der Waals surface area contributed by atoms with Crippen molar-refractivity contribution in [3.63, 3.8) is 0 Å². The Morgan fingerprint density at radius 1 is 0.396 bits per heavy atom. The lowest BCUT2D eigenvalue weighted by Gasteiger charge is -2.18. The van der Waals surface area contributed by atoms with E-state index in [9.17, 15) is 14.4 Å². The van der Waals surface area contributed by atoms with Gasteiger partial charge in [0.25, 0.3) is 0 Å². The predicted octanol–water partition coefficient (Wildman–Crippen LogP) is 14.6. The molecule has 0 aliphatic carbocycles. The molecule has 0 aliphatic rings. The van der Waals surface area contributed by atoms with E-state index >= 15 is 0 Å². The fourth-order valence-electron chi connectivity index (χ4n) is 6.90. The lowest BCUT2D eigenvalue weighted by molar-refractivity contribution is -0.167. The van der Waals surface area contributed by atoms with E-state index in [2.05, 4.69) is 34.6 Å². The van der Waals surface area contributed by atoms with Crippen LogP contribution in [0.5, 0.6) is 0 Å². The van der Waals surface area contributed by atoms with Crippen molar-refractivity contribution >= 4 is 17.9 Å². The number of esters is 3. The van der Waals surface area contributed by atoms with Crippen LogP contribution in [-0.4, -0.2) is 37.2 Å². The summed E-state index contributed by atoms with van der Waals surface area (Å²) in [5.74, 6) is 0.831. The SMILES string of the molecule is CCCCCCCC(=O)OC[C@H](COC(=O)CCCCCCCCCCCCCCCCC(C)CC)OC(=O)CCCCCCCCCCCC(C)C. The summed E-state index contributed by atoms with van der Waals surface area (Å²) in [5, 5.41) is 0. The van der Waals surface area contributed by atoms with Crippen LogP contribution in [0.25, 0.3) is 0 Å². The van der Waals surface area contributed by atoms with Crippen LogP contribution in [-0.2, 0) is 28.6 Å². The van der Waals surface area contributed by atoms with Crippen molar-refractivity contribution in [1.82, 2.24) is 0 Å². The molecule has 0 heterocycles. The van der Waals surface area contributed by atoms with E-state index in [1.807, 2.05) is 0 Å². The molecule has 0 radical (unpaired) electrons. The average molecular weight is 751 g/mol. The first-order valence-electron chi connectivity index (χ1n) is 23.3. The molecule has 2 atom stereocenters. The van der Waals surface area contributed by atoms with Gasteiger partial charge in [-0.2, -0.15) is 0 Å². The van der Waals surface area contributed by atoms with Gasteiger partial charge in [0.15, 0.2) is 6.10 Å². The van der Waals surface area contributed by atoms with Gasteiger partial charge in [0.1, 0.15) is 13.2 Å². The van der Waals surface area contributed by atoms with Gasteiger partial charge in [-0.15, -0.1) is 0 Å². The summed E-state index contributed by atoms with van der Waals surface area (Å²) < 4.78 is 16.6. The molecule has 0 spiro atoms. The van der Waals surface area contributed by atoms with Gasteiger partial charge in [-0.1, -0.05) is 214 Å². The van der Waals surface area contributed by atoms with Gasteiger partial charge in [0.2, 0.25) is 0 Å². The first-order chi connectivity index (χ1) is 25.8. The fraction of sp³-hybridized carbons (Fsp3) is 0.936. The van der Waals surface area contributed by atoms with Crippen molar-refractivity contribution in [2.45, 2.75) is 259 Å². The number of carbonyl (C=O) groups is 3. The molecule has 0 aromatic carbocycles. The number of hydrogen-bond donors (Lipinski definition) is 0. The number of unbranched alkanes of at least 4 members (excludes halogenated alkanes) is 25. The topological polar surface area (TPSA) is 78.9 Å². The van der Waals surface area contributed by atoms with E-state index in [0.717, 1.165) is 76.0 Å².